The Morgan fingerprint density at radius 2 is 1.86 bits per heavy atom. The molecule has 5 heteroatoms. The third-order valence-electron chi connectivity index (χ3n) is 4.59. The van der Waals surface area contributed by atoms with Gasteiger partial charge in [0.05, 0.1) is 6.61 Å². The van der Waals surface area contributed by atoms with Crippen molar-refractivity contribution in [3.63, 3.8) is 0 Å². The molecule has 1 aromatic rings. The molecule has 0 unspecified atom stereocenters. The van der Waals surface area contributed by atoms with Crippen molar-refractivity contribution < 1.29 is 14.6 Å². The minimum Gasteiger partial charge on any atom is -0.508 e. The summed E-state index contributed by atoms with van der Waals surface area (Å²) in [7, 11) is 0. The van der Waals surface area contributed by atoms with Gasteiger partial charge < -0.3 is 14.7 Å². The number of hydrogen-bond donors (Lipinski definition) is 1. The first-order valence-corrected chi connectivity index (χ1v) is 8.15. The molecule has 1 aromatic carbocycles. The summed E-state index contributed by atoms with van der Waals surface area (Å²) in [6, 6.07) is 4.10. The number of phenols is 1. The summed E-state index contributed by atoms with van der Waals surface area (Å²) in [5.41, 5.74) is 3.69. The van der Waals surface area contributed by atoms with E-state index in [-0.39, 0.29) is 6.09 Å². The number of piperazine rings is 1. The fourth-order valence-electron chi connectivity index (χ4n) is 3.33. The maximum absolute atomic E-state index is 11.7. The molecule has 1 aliphatic heterocycles. The van der Waals surface area contributed by atoms with Crippen LogP contribution in [0.1, 0.15) is 30.0 Å². The number of hydrogen-bond acceptors (Lipinski definition) is 4. The number of nitrogens with zero attached hydrogens (tertiary/aromatic N) is 2. The van der Waals surface area contributed by atoms with Crippen molar-refractivity contribution in [3.05, 3.63) is 28.8 Å². The van der Waals surface area contributed by atoms with E-state index in [0.29, 0.717) is 25.4 Å². The molecule has 0 radical (unpaired) electrons. The number of ether oxygens (including phenoxy) is 1. The van der Waals surface area contributed by atoms with Crippen LogP contribution in [0.15, 0.2) is 12.1 Å². The lowest BCUT2D eigenvalue weighted by molar-refractivity contribution is 0.0776. The van der Waals surface area contributed by atoms with Crippen molar-refractivity contribution in [3.8, 4) is 5.75 Å². The lowest BCUT2D eigenvalue weighted by atomic mass is 10.0. The predicted molar refractivity (Wildman–Crippen MR) is 84.0 cm³/mol. The lowest BCUT2D eigenvalue weighted by Crippen LogP contribution is -2.48. The van der Waals surface area contributed by atoms with Crippen molar-refractivity contribution in [1.82, 2.24) is 9.80 Å². The van der Waals surface area contributed by atoms with Gasteiger partial charge in [0.2, 0.25) is 0 Å². The monoisotopic (exact) mass is 304 g/mol. The Kier molecular flexibility index (Phi) is 4.52. The predicted octanol–water partition coefficient (Wildman–Crippen LogP) is 2.16. The molecule has 0 atom stereocenters. The standard InChI is InChI=1S/C17H24N2O3/c1-2-22-17(21)19-8-6-18(7-9-19)12-15-10-13-4-3-5-14(13)11-16(15)20/h10-11,20H,2-9,12H2,1H3. The number of phenolic OH excluding ortho intramolecular Hbond substituents is 1. The quantitative estimate of drug-likeness (QED) is 0.930. The first-order valence-electron chi connectivity index (χ1n) is 8.15. The van der Waals surface area contributed by atoms with Crippen LogP contribution in [0, 0.1) is 0 Å². The largest absolute Gasteiger partial charge is 0.508 e. The van der Waals surface area contributed by atoms with E-state index in [1.54, 1.807) is 4.90 Å². The normalized spacial score (nSPS) is 18.3. The zero-order chi connectivity index (χ0) is 15.5. The molecule has 5 nitrogen and oxygen atoms in total. The molecular formula is C17H24N2O3. The maximum atomic E-state index is 11.7. The molecule has 0 bridgehead atoms. The molecular weight excluding hydrogens is 280 g/mol. The van der Waals surface area contributed by atoms with Gasteiger partial charge in [0.1, 0.15) is 5.75 Å². The number of carbonyl (C=O) groups is 1. The molecule has 0 saturated carbocycles. The number of amides is 1. The Morgan fingerprint density at radius 3 is 2.55 bits per heavy atom. The van der Waals surface area contributed by atoms with Crippen LogP contribution in [0.3, 0.4) is 0 Å². The molecule has 0 spiro atoms. The van der Waals surface area contributed by atoms with E-state index in [4.69, 9.17) is 4.74 Å². The number of aromatic hydroxyl groups is 1. The van der Waals surface area contributed by atoms with Gasteiger partial charge in [-0.1, -0.05) is 6.07 Å². The average Bonchev–Trinajstić information content (AvgIpc) is 2.95. The summed E-state index contributed by atoms with van der Waals surface area (Å²) in [6.07, 6.45) is 3.18. The summed E-state index contributed by atoms with van der Waals surface area (Å²) >= 11 is 0. The third kappa shape index (κ3) is 3.19. The SMILES string of the molecule is CCOC(=O)N1CCN(Cc2cc3c(cc2O)CCC3)CC1. The average molecular weight is 304 g/mol. The number of carbonyl (C=O) groups excluding carboxylic acids is 1. The van der Waals surface area contributed by atoms with Gasteiger partial charge in [-0.25, -0.2) is 4.79 Å². The van der Waals surface area contributed by atoms with Gasteiger partial charge in [0.25, 0.3) is 0 Å². The summed E-state index contributed by atoms with van der Waals surface area (Å²) < 4.78 is 5.03. The first-order chi connectivity index (χ1) is 10.7. The number of aryl methyl sites for hydroxylation is 2. The van der Waals surface area contributed by atoms with Crippen LogP contribution in [0.5, 0.6) is 5.75 Å². The maximum Gasteiger partial charge on any atom is 0.409 e. The van der Waals surface area contributed by atoms with Crippen molar-refractivity contribution in [2.75, 3.05) is 32.8 Å². The summed E-state index contributed by atoms with van der Waals surface area (Å²) in [5, 5.41) is 10.2. The van der Waals surface area contributed by atoms with E-state index in [2.05, 4.69) is 11.0 Å². The Bertz CT molecular complexity index is 551. The number of fused-ring (bicyclic) bond motifs is 1. The van der Waals surface area contributed by atoms with Crippen molar-refractivity contribution in [2.24, 2.45) is 0 Å². The van der Waals surface area contributed by atoms with Gasteiger partial charge in [0, 0.05) is 38.3 Å². The topological polar surface area (TPSA) is 53.0 Å². The molecule has 22 heavy (non-hydrogen) atoms. The van der Waals surface area contributed by atoms with Crippen molar-refractivity contribution in [1.29, 1.82) is 0 Å². The Morgan fingerprint density at radius 1 is 1.18 bits per heavy atom. The minimum atomic E-state index is -0.220. The Hall–Kier alpha value is -1.75. The van der Waals surface area contributed by atoms with Crippen LogP contribution in [0.25, 0.3) is 0 Å². The zero-order valence-corrected chi connectivity index (χ0v) is 13.2. The Labute approximate surface area is 131 Å². The van der Waals surface area contributed by atoms with Gasteiger partial charge in [-0.2, -0.15) is 0 Å². The van der Waals surface area contributed by atoms with E-state index >= 15 is 0 Å². The third-order valence-corrected chi connectivity index (χ3v) is 4.59. The second-order valence-electron chi connectivity index (χ2n) is 6.07. The lowest BCUT2D eigenvalue weighted by Gasteiger charge is -2.34. The van der Waals surface area contributed by atoms with Crippen LogP contribution in [-0.4, -0.2) is 53.8 Å². The van der Waals surface area contributed by atoms with E-state index in [9.17, 15) is 9.90 Å². The van der Waals surface area contributed by atoms with Crippen LogP contribution < -0.4 is 0 Å². The molecule has 1 saturated heterocycles. The summed E-state index contributed by atoms with van der Waals surface area (Å²) in [4.78, 5) is 15.7. The smallest absolute Gasteiger partial charge is 0.409 e. The second-order valence-corrected chi connectivity index (χ2v) is 6.07. The summed E-state index contributed by atoms with van der Waals surface area (Å²) in [6.45, 7) is 5.99. The molecule has 1 amide bonds. The zero-order valence-electron chi connectivity index (χ0n) is 13.2. The fourth-order valence-corrected chi connectivity index (χ4v) is 3.33. The molecule has 1 aliphatic carbocycles. The van der Waals surface area contributed by atoms with E-state index < -0.39 is 0 Å². The fraction of sp³-hybridized carbons (Fsp3) is 0.588. The summed E-state index contributed by atoms with van der Waals surface area (Å²) in [5.74, 6) is 0.411. The molecule has 3 rings (SSSR count). The van der Waals surface area contributed by atoms with Crippen molar-refractivity contribution in [2.45, 2.75) is 32.7 Å². The number of benzene rings is 1. The van der Waals surface area contributed by atoms with Crippen molar-refractivity contribution >= 4 is 6.09 Å². The number of rotatable bonds is 3. The van der Waals surface area contributed by atoms with Crippen LogP contribution >= 0.6 is 0 Å². The van der Waals surface area contributed by atoms with E-state index in [1.807, 2.05) is 13.0 Å². The minimum absolute atomic E-state index is 0.220. The molecule has 1 N–H and O–H groups in total. The molecule has 1 fully saturated rings. The van der Waals surface area contributed by atoms with Crippen LogP contribution in [0.2, 0.25) is 0 Å². The molecule has 1 heterocycles. The second kappa shape index (κ2) is 6.57. The highest BCUT2D eigenvalue weighted by atomic mass is 16.6. The molecule has 0 aromatic heterocycles. The van der Waals surface area contributed by atoms with E-state index in [1.165, 1.54) is 17.5 Å². The van der Waals surface area contributed by atoms with Gasteiger partial charge in [-0.05, 0) is 43.4 Å². The highest BCUT2D eigenvalue weighted by Crippen LogP contribution is 2.30. The van der Waals surface area contributed by atoms with Gasteiger partial charge >= 0.3 is 6.09 Å². The highest BCUT2D eigenvalue weighted by Gasteiger charge is 2.23. The van der Waals surface area contributed by atoms with Crippen LogP contribution in [-0.2, 0) is 24.1 Å². The van der Waals surface area contributed by atoms with E-state index in [0.717, 1.165) is 38.0 Å². The van der Waals surface area contributed by atoms with Gasteiger partial charge in [-0.3, -0.25) is 4.90 Å². The molecule has 2 aliphatic rings. The highest BCUT2D eigenvalue weighted by molar-refractivity contribution is 5.67. The van der Waals surface area contributed by atoms with Gasteiger partial charge in [-0.15, -0.1) is 0 Å². The van der Waals surface area contributed by atoms with Crippen LogP contribution in [0.4, 0.5) is 4.79 Å². The molecule has 120 valence electrons. The Balaban J connectivity index is 1.58. The van der Waals surface area contributed by atoms with Gasteiger partial charge in [0.15, 0.2) is 0 Å². The first kappa shape index (κ1) is 15.2.